The summed E-state index contributed by atoms with van der Waals surface area (Å²) in [5, 5.41) is 10.3. The zero-order chi connectivity index (χ0) is 37.9. The first kappa shape index (κ1) is 32.1. The number of nitrogens with zero attached hydrogens (tertiary/aromatic N) is 2. The van der Waals surface area contributed by atoms with Gasteiger partial charge in [0.1, 0.15) is 0 Å². The maximum absolute atomic E-state index is 2.45. The number of benzene rings is 9. The highest BCUT2D eigenvalue weighted by Crippen LogP contribution is 2.42. The lowest BCUT2D eigenvalue weighted by Gasteiger charge is -2.10. The SMILES string of the molecule is c1ccc(-c2ccc3sc4ccc(-n5c6ccccc6c6cc(-c7ccc8c(c7)c7ccccc7n8-c7ccc8sc9ccccc9c8c7)ccc65)cc4c3c2)cc1. The topological polar surface area (TPSA) is 9.86 Å². The van der Waals surface area contributed by atoms with Crippen LogP contribution in [-0.4, -0.2) is 9.13 Å². The first-order valence-corrected chi connectivity index (χ1v) is 21.4. The summed E-state index contributed by atoms with van der Waals surface area (Å²) >= 11 is 3.74. The predicted molar refractivity (Wildman–Crippen MR) is 252 cm³/mol. The van der Waals surface area contributed by atoms with Crippen molar-refractivity contribution in [3.63, 3.8) is 0 Å². The van der Waals surface area contributed by atoms with E-state index in [4.69, 9.17) is 0 Å². The van der Waals surface area contributed by atoms with E-state index in [1.165, 1.54) is 118 Å². The lowest BCUT2D eigenvalue weighted by Crippen LogP contribution is -1.93. The smallest absolute Gasteiger partial charge is 0.0541 e. The fourth-order valence-electron chi connectivity index (χ4n) is 9.43. The highest BCUT2D eigenvalue weighted by atomic mass is 32.1. The number of rotatable bonds is 4. The Kier molecular flexibility index (Phi) is 6.79. The van der Waals surface area contributed by atoms with Crippen molar-refractivity contribution < 1.29 is 0 Å². The molecule has 0 N–H and O–H groups in total. The van der Waals surface area contributed by atoms with Gasteiger partial charge in [-0.15, -0.1) is 22.7 Å². The molecule has 0 aliphatic carbocycles. The molecular weight excluding hydrogens is 741 g/mol. The van der Waals surface area contributed by atoms with E-state index in [1.807, 2.05) is 22.7 Å². The molecule has 2 nitrogen and oxygen atoms in total. The summed E-state index contributed by atoms with van der Waals surface area (Å²) < 4.78 is 10.2. The molecule has 4 heteroatoms. The maximum Gasteiger partial charge on any atom is 0.0541 e. The summed E-state index contributed by atoms with van der Waals surface area (Å²) in [6.45, 7) is 0. The monoisotopic (exact) mass is 772 g/mol. The van der Waals surface area contributed by atoms with Crippen LogP contribution in [0.5, 0.6) is 0 Å². The molecule has 0 aliphatic rings. The summed E-state index contributed by atoms with van der Waals surface area (Å²) in [5.74, 6) is 0. The molecule has 0 saturated heterocycles. The number of aromatic nitrogens is 2. The van der Waals surface area contributed by atoms with Crippen LogP contribution < -0.4 is 0 Å². The summed E-state index contributed by atoms with van der Waals surface area (Å²) in [6.07, 6.45) is 0. The van der Waals surface area contributed by atoms with Gasteiger partial charge in [-0.3, -0.25) is 0 Å². The quantitative estimate of drug-likeness (QED) is 0.169. The van der Waals surface area contributed by atoms with E-state index in [0.29, 0.717) is 0 Å². The molecule has 0 radical (unpaired) electrons. The summed E-state index contributed by atoms with van der Waals surface area (Å²) in [5.41, 5.74) is 12.2. The standard InChI is InChI=1S/C54H32N2S2/c1-2-10-33(11-3-1)34-20-25-52-44(30-34)46-32-38(22-27-54(46)58-52)56-48-16-8-5-13-40(48)43-29-36(19-24-50(43)56)35-18-23-49-42(28-35)39-12-4-7-15-47(39)55(49)37-21-26-53-45(31-37)41-14-6-9-17-51(41)57-53/h1-32H. The fraction of sp³-hybridized carbons (Fsp3) is 0. The van der Waals surface area contributed by atoms with E-state index in [9.17, 15) is 0 Å². The van der Waals surface area contributed by atoms with Gasteiger partial charge in [-0.2, -0.15) is 0 Å². The van der Waals surface area contributed by atoms with Crippen LogP contribution in [0, 0.1) is 0 Å². The van der Waals surface area contributed by atoms with Crippen LogP contribution in [0.2, 0.25) is 0 Å². The van der Waals surface area contributed by atoms with Crippen LogP contribution in [0.3, 0.4) is 0 Å². The first-order valence-electron chi connectivity index (χ1n) is 19.7. The van der Waals surface area contributed by atoms with Crippen LogP contribution in [0.25, 0.3) is 118 Å². The second kappa shape index (κ2) is 12.3. The van der Waals surface area contributed by atoms with Crippen molar-refractivity contribution in [2.45, 2.75) is 0 Å². The molecule has 270 valence electrons. The Bertz CT molecular complexity index is 3800. The molecule has 0 aliphatic heterocycles. The van der Waals surface area contributed by atoms with E-state index in [-0.39, 0.29) is 0 Å². The molecule has 0 spiro atoms. The van der Waals surface area contributed by atoms with Crippen LogP contribution in [0.4, 0.5) is 0 Å². The number of hydrogen-bond donors (Lipinski definition) is 0. The summed E-state index contributed by atoms with van der Waals surface area (Å²) in [6, 6.07) is 72.0. The molecule has 0 bridgehead atoms. The van der Waals surface area contributed by atoms with E-state index in [2.05, 4.69) is 203 Å². The molecule has 0 unspecified atom stereocenters. The van der Waals surface area contributed by atoms with Crippen molar-refractivity contribution in [3.8, 4) is 33.6 Å². The zero-order valence-electron chi connectivity index (χ0n) is 31.2. The van der Waals surface area contributed by atoms with Crippen molar-refractivity contribution in [2.24, 2.45) is 0 Å². The molecule has 13 aromatic rings. The summed E-state index contributed by atoms with van der Waals surface area (Å²) in [7, 11) is 0. The Labute approximate surface area is 341 Å². The molecule has 0 saturated carbocycles. The molecule has 0 fully saturated rings. The number of fused-ring (bicyclic) bond motifs is 12. The van der Waals surface area contributed by atoms with Crippen LogP contribution in [-0.2, 0) is 0 Å². The lowest BCUT2D eigenvalue weighted by atomic mass is 10.0. The van der Waals surface area contributed by atoms with Crippen molar-refractivity contribution in [2.75, 3.05) is 0 Å². The highest BCUT2D eigenvalue weighted by Gasteiger charge is 2.18. The molecule has 0 atom stereocenters. The van der Waals surface area contributed by atoms with E-state index >= 15 is 0 Å². The van der Waals surface area contributed by atoms with E-state index in [0.717, 1.165) is 0 Å². The Hall–Kier alpha value is -6.98. The van der Waals surface area contributed by atoms with E-state index < -0.39 is 0 Å². The number of thiophene rings is 2. The average Bonchev–Trinajstić information content (AvgIpc) is 4.03. The Morgan fingerprint density at radius 3 is 1.24 bits per heavy atom. The van der Waals surface area contributed by atoms with E-state index in [1.54, 1.807) is 0 Å². The number of hydrogen-bond acceptors (Lipinski definition) is 2. The Balaban J connectivity index is 0.957. The third-order valence-electron chi connectivity index (χ3n) is 12.1. The molecule has 9 aromatic carbocycles. The Morgan fingerprint density at radius 1 is 0.241 bits per heavy atom. The van der Waals surface area contributed by atoms with Gasteiger partial charge < -0.3 is 9.13 Å². The molecule has 4 heterocycles. The average molecular weight is 773 g/mol. The molecule has 4 aromatic heterocycles. The van der Waals surface area contributed by atoms with Gasteiger partial charge in [0.15, 0.2) is 0 Å². The normalized spacial score (nSPS) is 12.1. The van der Waals surface area contributed by atoms with Crippen LogP contribution >= 0.6 is 22.7 Å². The van der Waals surface area contributed by atoms with Crippen LogP contribution in [0.15, 0.2) is 194 Å². The minimum atomic E-state index is 1.18. The molecule has 13 rings (SSSR count). The minimum Gasteiger partial charge on any atom is -0.309 e. The maximum atomic E-state index is 2.45. The van der Waals surface area contributed by atoms with Crippen molar-refractivity contribution >= 4 is 107 Å². The largest absolute Gasteiger partial charge is 0.309 e. The first-order chi connectivity index (χ1) is 28.7. The minimum absolute atomic E-state index is 1.18. The molecular formula is C54H32N2S2. The third-order valence-corrected chi connectivity index (χ3v) is 14.4. The molecule has 58 heavy (non-hydrogen) atoms. The van der Waals surface area contributed by atoms with Crippen molar-refractivity contribution in [1.29, 1.82) is 0 Å². The Morgan fingerprint density at radius 2 is 0.638 bits per heavy atom. The highest BCUT2D eigenvalue weighted by molar-refractivity contribution is 7.26. The van der Waals surface area contributed by atoms with Gasteiger partial charge >= 0.3 is 0 Å². The van der Waals surface area contributed by atoms with Crippen LogP contribution in [0.1, 0.15) is 0 Å². The van der Waals surface area contributed by atoms with Gasteiger partial charge in [0.25, 0.3) is 0 Å². The van der Waals surface area contributed by atoms with Gasteiger partial charge in [0.05, 0.1) is 22.1 Å². The van der Waals surface area contributed by atoms with Gasteiger partial charge in [0, 0.05) is 73.3 Å². The second-order valence-corrected chi connectivity index (χ2v) is 17.5. The summed E-state index contributed by atoms with van der Waals surface area (Å²) in [4.78, 5) is 0. The zero-order valence-corrected chi connectivity index (χ0v) is 32.8. The third kappa shape index (κ3) is 4.70. The van der Waals surface area contributed by atoms with Gasteiger partial charge in [-0.1, -0.05) is 103 Å². The second-order valence-electron chi connectivity index (χ2n) is 15.3. The van der Waals surface area contributed by atoms with Crippen molar-refractivity contribution in [3.05, 3.63) is 194 Å². The van der Waals surface area contributed by atoms with Gasteiger partial charge in [0.2, 0.25) is 0 Å². The van der Waals surface area contributed by atoms with Crippen molar-refractivity contribution in [1.82, 2.24) is 9.13 Å². The molecule has 0 amide bonds. The number of para-hydroxylation sites is 2. The van der Waals surface area contributed by atoms with Gasteiger partial charge in [-0.25, -0.2) is 0 Å². The predicted octanol–water partition coefficient (Wildman–Crippen LogP) is 16.0. The van der Waals surface area contributed by atoms with Gasteiger partial charge in [-0.05, 0) is 113 Å². The lowest BCUT2D eigenvalue weighted by molar-refractivity contribution is 1.19. The fourth-order valence-corrected chi connectivity index (χ4v) is 11.6.